The van der Waals surface area contributed by atoms with Gasteiger partial charge in [-0.25, -0.2) is 0 Å². The van der Waals surface area contributed by atoms with E-state index in [1.54, 1.807) is 0 Å². The first-order valence-corrected chi connectivity index (χ1v) is 9.96. The van der Waals surface area contributed by atoms with Gasteiger partial charge >= 0.3 is 0 Å². The number of carbonyl (C=O) groups is 2. The lowest BCUT2D eigenvalue weighted by atomic mass is 9.94. The zero-order valence-corrected chi connectivity index (χ0v) is 16.7. The third-order valence-electron chi connectivity index (χ3n) is 5.46. The lowest BCUT2D eigenvalue weighted by Gasteiger charge is -2.34. The van der Waals surface area contributed by atoms with Gasteiger partial charge < -0.3 is 10.6 Å². The smallest absolute Gasteiger partial charge is 0.241 e. The predicted molar refractivity (Wildman–Crippen MR) is 112 cm³/mol. The number of likely N-dealkylation sites (tertiary alicyclic amines) is 1. The number of hydrogen-bond donors (Lipinski definition) is 2. The van der Waals surface area contributed by atoms with Crippen molar-refractivity contribution >= 4 is 17.5 Å². The third kappa shape index (κ3) is 5.42. The van der Waals surface area contributed by atoms with Crippen LogP contribution in [0.5, 0.6) is 0 Å². The predicted octanol–water partition coefficient (Wildman–Crippen LogP) is 3.35. The molecule has 0 aromatic heterocycles. The van der Waals surface area contributed by atoms with Crippen LogP contribution in [-0.2, 0) is 16.1 Å². The standard InChI is InChI=1S/C23H29N3O2/c1-17-8-10-21(11-9-17)25-22(27)18(2)26-14-12-20(13-15-26)23(28)24-16-19-6-4-3-5-7-19/h3-11,18,20H,12-16H2,1-2H3,(H,24,28)(H,25,27). The van der Waals surface area contributed by atoms with Crippen molar-refractivity contribution in [3.05, 3.63) is 65.7 Å². The maximum Gasteiger partial charge on any atom is 0.241 e. The lowest BCUT2D eigenvalue weighted by Crippen LogP contribution is -2.48. The van der Waals surface area contributed by atoms with Crippen molar-refractivity contribution in [1.29, 1.82) is 0 Å². The molecule has 1 aliphatic heterocycles. The molecule has 1 aliphatic rings. The summed E-state index contributed by atoms with van der Waals surface area (Å²) in [6.07, 6.45) is 1.56. The molecular formula is C23H29N3O2. The average molecular weight is 380 g/mol. The van der Waals surface area contributed by atoms with Crippen molar-refractivity contribution in [1.82, 2.24) is 10.2 Å². The van der Waals surface area contributed by atoms with Crippen LogP contribution in [0.3, 0.4) is 0 Å². The molecule has 1 saturated heterocycles. The average Bonchev–Trinajstić information content (AvgIpc) is 2.74. The summed E-state index contributed by atoms with van der Waals surface area (Å²) in [7, 11) is 0. The number of aryl methyl sites for hydroxylation is 1. The number of rotatable bonds is 6. The van der Waals surface area contributed by atoms with E-state index >= 15 is 0 Å². The van der Waals surface area contributed by atoms with E-state index in [0.717, 1.165) is 37.2 Å². The molecule has 5 nitrogen and oxygen atoms in total. The maximum atomic E-state index is 12.5. The van der Waals surface area contributed by atoms with Crippen LogP contribution in [-0.4, -0.2) is 35.8 Å². The van der Waals surface area contributed by atoms with Crippen molar-refractivity contribution in [2.45, 2.75) is 39.3 Å². The van der Waals surface area contributed by atoms with Gasteiger partial charge in [-0.2, -0.15) is 0 Å². The van der Waals surface area contributed by atoms with E-state index in [2.05, 4.69) is 15.5 Å². The van der Waals surface area contributed by atoms with Gasteiger partial charge in [0.2, 0.25) is 11.8 Å². The largest absolute Gasteiger partial charge is 0.352 e. The minimum absolute atomic E-state index is 0.00386. The molecule has 2 aromatic rings. The first kappa shape index (κ1) is 20.1. The number of carbonyl (C=O) groups excluding carboxylic acids is 2. The molecule has 0 bridgehead atoms. The molecule has 0 aliphatic carbocycles. The Morgan fingerprint density at radius 1 is 1.04 bits per heavy atom. The summed E-state index contributed by atoms with van der Waals surface area (Å²) in [5.41, 5.74) is 3.09. The van der Waals surface area contributed by atoms with Gasteiger partial charge in [0.05, 0.1) is 6.04 Å². The van der Waals surface area contributed by atoms with Crippen LogP contribution < -0.4 is 10.6 Å². The summed E-state index contributed by atoms with van der Waals surface area (Å²) < 4.78 is 0. The number of nitrogens with one attached hydrogen (secondary N) is 2. The fourth-order valence-corrected chi connectivity index (χ4v) is 3.53. The van der Waals surface area contributed by atoms with Gasteiger partial charge in [-0.15, -0.1) is 0 Å². The highest BCUT2D eigenvalue weighted by atomic mass is 16.2. The van der Waals surface area contributed by atoms with E-state index < -0.39 is 0 Å². The van der Waals surface area contributed by atoms with E-state index in [-0.39, 0.29) is 23.8 Å². The Labute approximate surface area is 167 Å². The highest BCUT2D eigenvalue weighted by Crippen LogP contribution is 2.20. The summed E-state index contributed by atoms with van der Waals surface area (Å²) in [6, 6.07) is 17.5. The topological polar surface area (TPSA) is 61.4 Å². The molecule has 1 heterocycles. The van der Waals surface area contributed by atoms with Crippen LogP contribution >= 0.6 is 0 Å². The number of anilines is 1. The Morgan fingerprint density at radius 3 is 2.32 bits per heavy atom. The Balaban J connectivity index is 1.44. The highest BCUT2D eigenvalue weighted by molar-refractivity contribution is 5.94. The SMILES string of the molecule is Cc1ccc(NC(=O)C(C)N2CCC(C(=O)NCc3ccccc3)CC2)cc1. The van der Waals surface area contributed by atoms with E-state index in [9.17, 15) is 9.59 Å². The van der Waals surface area contributed by atoms with E-state index in [1.807, 2.05) is 68.4 Å². The molecule has 2 amide bonds. The second-order valence-corrected chi connectivity index (χ2v) is 7.54. The van der Waals surface area contributed by atoms with E-state index in [0.29, 0.717) is 6.54 Å². The quantitative estimate of drug-likeness (QED) is 0.809. The van der Waals surface area contributed by atoms with Crippen LogP contribution in [0.2, 0.25) is 0 Å². The third-order valence-corrected chi connectivity index (χ3v) is 5.46. The Hall–Kier alpha value is -2.66. The van der Waals surface area contributed by atoms with Gasteiger partial charge in [0, 0.05) is 18.2 Å². The molecule has 1 fully saturated rings. The second kappa shape index (κ2) is 9.51. The molecule has 148 valence electrons. The van der Waals surface area contributed by atoms with E-state index in [1.165, 1.54) is 5.56 Å². The zero-order chi connectivity index (χ0) is 19.9. The molecule has 2 aromatic carbocycles. The number of piperidine rings is 1. The Morgan fingerprint density at radius 2 is 1.68 bits per heavy atom. The van der Waals surface area contributed by atoms with Crippen molar-refractivity contribution in [3.8, 4) is 0 Å². The summed E-state index contributed by atoms with van der Waals surface area (Å²) >= 11 is 0. The summed E-state index contributed by atoms with van der Waals surface area (Å²) in [4.78, 5) is 27.1. The number of nitrogens with zero attached hydrogens (tertiary/aromatic N) is 1. The van der Waals surface area contributed by atoms with Crippen LogP contribution in [0.4, 0.5) is 5.69 Å². The molecule has 1 unspecified atom stereocenters. The lowest BCUT2D eigenvalue weighted by molar-refractivity contribution is -0.127. The minimum Gasteiger partial charge on any atom is -0.352 e. The fourth-order valence-electron chi connectivity index (χ4n) is 3.53. The number of hydrogen-bond acceptors (Lipinski definition) is 3. The molecule has 0 radical (unpaired) electrons. The molecule has 28 heavy (non-hydrogen) atoms. The van der Waals surface area contributed by atoms with Gasteiger partial charge in [0.25, 0.3) is 0 Å². The van der Waals surface area contributed by atoms with Crippen LogP contribution in [0.15, 0.2) is 54.6 Å². The summed E-state index contributed by atoms with van der Waals surface area (Å²) in [5.74, 6) is 0.128. The zero-order valence-electron chi connectivity index (χ0n) is 16.7. The molecule has 3 rings (SSSR count). The maximum absolute atomic E-state index is 12.5. The molecule has 2 N–H and O–H groups in total. The highest BCUT2D eigenvalue weighted by Gasteiger charge is 2.29. The molecule has 0 saturated carbocycles. The van der Waals surface area contributed by atoms with Gasteiger partial charge in [-0.1, -0.05) is 48.0 Å². The summed E-state index contributed by atoms with van der Waals surface area (Å²) in [6.45, 7) is 6.03. The van der Waals surface area contributed by atoms with Crippen LogP contribution in [0.1, 0.15) is 30.9 Å². The first-order valence-electron chi connectivity index (χ1n) is 9.96. The van der Waals surface area contributed by atoms with Crippen molar-refractivity contribution in [2.24, 2.45) is 5.92 Å². The van der Waals surface area contributed by atoms with Gasteiger partial charge in [-0.05, 0) is 57.5 Å². The minimum atomic E-state index is -0.213. The van der Waals surface area contributed by atoms with Crippen molar-refractivity contribution < 1.29 is 9.59 Å². The molecule has 1 atom stereocenters. The Kier molecular flexibility index (Phi) is 6.82. The van der Waals surface area contributed by atoms with Crippen molar-refractivity contribution in [2.75, 3.05) is 18.4 Å². The molecule has 5 heteroatoms. The van der Waals surface area contributed by atoms with Gasteiger partial charge in [0.15, 0.2) is 0 Å². The van der Waals surface area contributed by atoms with Crippen LogP contribution in [0, 0.1) is 12.8 Å². The monoisotopic (exact) mass is 379 g/mol. The van der Waals surface area contributed by atoms with Crippen LogP contribution in [0.25, 0.3) is 0 Å². The molecule has 0 spiro atoms. The Bertz CT molecular complexity index is 781. The first-order chi connectivity index (χ1) is 13.5. The van der Waals surface area contributed by atoms with Gasteiger partial charge in [0.1, 0.15) is 0 Å². The fraction of sp³-hybridized carbons (Fsp3) is 0.391. The number of benzene rings is 2. The summed E-state index contributed by atoms with van der Waals surface area (Å²) in [5, 5.41) is 6.01. The van der Waals surface area contributed by atoms with Crippen molar-refractivity contribution in [3.63, 3.8) is 0 Å². The normalized spacial score (nSPS) is 16.4. The van der Waals surface area contributed by atoms with E-state index in [4.69, 9.17) is 0 Å². The van der Waals surface area contributed by atoms with Gasteiger partial charge in [-0.3, -0.25) is 14.5 Å². The second-order valence-electron chi connectivity index (χ2n) is 7.54. The molecular weight excluding hydrogens is 350 g/mol. The number of amides is 2.